The van der Waals surface area contributed by atoms with Gasteiger partial charge in [0.05, 0.1) is 6.54 Å². The summed E-state index contributed by atoms with van der Waals surface area (Å²) >= 11 is 0. The van der Waals surface area contributed by atoms with Gasteiger partial charge in [0.25, 0.3) is 5.91 Å². The second kappa shape index (κ2) is 9.40. The average molecular weight is 513 g/mol. The van der Waals surface area contributed by atoms with E-state index in [-0.39, 0.29) is 24.3 Å². The summed E-state index contributed by atoms with van der Waals surface area (Å²) in [6.07, 6.45) is 0. The van der Waals surface area contributed by atoms with Gasteiger partial charge in [-0.3, -0.25) is 15.1 Å². The van der Waals surface area contributed by atoms with E-state index in [4.69, 9.17) is 11.1 Å². The van der Waals surface area contributed by atoms with Crippen LogP contribution in [0.2, 0.25) is 0 Å². The highest BCUT2D eigenvalue weighted by atomic mass is 16.2. The number of imide groups is 1. The maximum atomic E-state index is 14.2. The fourth-order valence-corrected chi connectivity index (χ4v) is 5.45. The molecule has 0 saturated carbocycles. The zero-order valence-electron chi connectivity index (χ0n) is 21.6. The third-order valence-corrected chi connectivity index (χ3v) is 7.71. The standard InChI is InChI=1S/C33H28N4O2/c1-33(29-16-15-24-9-5-6-10-26(24)19-29)31(38)36(32(39)37(33)21-22-7-3-2-4-8-22)20-23-11-12-25-13-14-27(30(34)35)18-28(25)17-23/h2-19H,20-21H2,1H3,(H3,34,35). The molecule has 1 aliphatic rings. The smallest absolute Gasteiger partial charge is 0.328 e. The Morgan fingerprint density at radius 2 is 1.38 bits per heavy atom. The molecule has 0 spiro atoms. The fraction of sp³-hybridized carbons (Fsp3) is 0.121. The van der Waals surface area contributed by atoms with Gasteiger partial charge in [-0.05, 0) is 63.4 Å². The highest BCUT2D eigenvalue weighted by Gasteiger charge is 2.55. The van der Waals surface area contributed by atoms with E-state index in [9.17, 15) is 9.59 Å². The van der Waals surface area contributed by atoms with Crippen LogP contribution in [0.1, 0.15) is 29.2 Å². The van der Waals surface area contributed by atoms with Crippen LogP contribution in [-0.4, -0.2) is 27.6 Å². The second-order valence-electron chi connectivity index (χ2n) is 10.2. The van der Waals surface area contributed by atoms with Gasteiger partial charge in [-0.25, -0.2) is 4.79 Å². The summed E-state index contributed by atoms with van der Waals surface area (Å²) in [4.78, 5) is 31.2. The molecule has 0 bridgehead atoms. The second-order valence-corrected chi connectivity index (χ2v) is 10.2. The number of amides is 3. The SMILES string of the molecule is CC1(c2ccc3ccccc3c2)C(=O)N(Cc2ccc3ccc(C(=N)N)cc3c2)C(=O)N1Cc1ccccc1. The monoisotopic (exact) mass is 512 g/mol. The lowest BCUT2D eigenvalue weighted by molar-refractivity contribution is -0.133. The molecule has 1 aliphatic heterocycles. The largest absolute Gasteiger partial charge is 0.384 e. The summed E-state index contributed by atoms with van der Waals surface area (Å²) in [6.45, 7) is 2.30. The van der Waals surface area contributed by atoms with Crippen molar-refractivity contribution in [1.82, 2.24) is 9.80 Å². The van der Waals surface area contributed by atoms with Gasteiger partial charge in [-0.1, -0.05) is 91.0 Å². The number of benzene rings is 5. The van der Waals surface area contributed by atoms with E-state index in [1.54, 1.807) is 4.90 Å². The van der Waals surface area contributed by atoms with Gasteiger partial charge in [0.2, 0.25) is 0 Å². The molecule has 1 fully saturated rings. The zero-order valence-corrected chi connectivity index (χ0v) is 21.6. The quantitative estimate of drug-likeness (QED) is 0.162. The Kier molecular flexibility index (Phi) is 5.88. The number of amidine groups is 1. The van der Waals surface area contributed by atoms with E-state index >= 15 is 0 Å². The highest BCUT2D eigenvalue weighted by molar-refractivity contribution is 6.07. The lowest BCUT2D eigenvalue weighted by atomic mass is 9.88. The van der Waals surface area contributed by atoms with Gasteiger partial charge in [0.15, 0.2) is 0 Å². The van der Waals surface area contributed by atoms with Crippen molar-refractivity contribution in [3.05, 3.63) is 131 Å². The summed E-state index contributed by atoms with van der Waals surface area (Å²) in [5.74, 6) is -0.258. The van der Waals surface area contributed by atoms with Crippen LogP contribution in [0.4, 0.5) is 4.79 Å². The summed E-state index contributed by atoms with van der Waals surface area (Å²) in [6, 6.07) is 34.9. The molecule has 1 saturated heterocycles. The van der Waals surface area contributed by atoms with Crippen LogP contribution >= 0.6 is 0 Å². The van der Waals surface area contributed by atoms with Gasteiger partial charge in [-0.2, -0.15) is 0 Å². The Labute approximate surface area is 226 Å². The molecule has 0 radical (unpaired) electrons. The third-order valence-electron chi connectivity index (χ3n) is 7.71. The van der Waals surface area contributed by atoms with Crippen LogP contribution in [0.15, 0.2) is 109 Å². The van der Waals surface area contributed by atoms with E-state index in [1.807, 2.05) is 116 Å². The first-order valence-electron chi connectivity index (χ1n) is 12.9. The van der Waals surface area contributed by atoms with Crippen molar-refractivity contribution in [2.75, 3.05) is 0 Å². The molecule has 5 aromatic rings. The Morgan fingerprint density at radius 1 is 0.718 bits per heavy atom. The number of urea groups is 1. The molecule has 1 heterocycles. The summed E-state index contributed by atoms with van der Waals surface area (Å²) in [5, 5.41) is 11.8. The van der Waals surface area contributed by atoms with Crippen molar-refractivity contribution in [1.29, 1.82) is 5.41 Å². The Morgan fingerprint density at radius 3 is 2.15 bits per heavy atom. The maximum absolute atomic E-state index is 14.2. The molecule has 0 aliphatic carbocycles. The molecule has 6 heteroatoms. The van der Waals surface area contributed by atoms with E-state index in [2.05, 4.69) is 0 Å². The predicted molar refractivity (Wildman–Crippen MR) is 154 cm³/mol. The first kappa shape index (κ1) is 24.4. The molecule has 5 aromatic carbocycles. The number of rotatable bonds is 6. The average Bonchev–Trinajstić information content (AvgIpc) is 3.14. The summed E-state index contributed by atoms with van der Waals surface area (Å²) in [5.41, 5.74) is 7.71. The highest BCUT2D eigenvalue weighted by Crippen LogP contribution is 2.40. The maximum Gasteiger partial charge on any atom is 0.328 e. The topological polar surface area (TPSA) is 90.5 Å². The number of nitrogens with two attached hydrogens (primary N) is 1. The van der Waals surface area contributed by atoms with E-state index in [0.717, 1.165) is 38.2 Å². The van der Waals surface area contributed by atoms with Crippen LogP contribution in [0.25, 0.3) is 21.5 Å². The minimum absolute atomic E-state index is 0.00472. The fourth-order valence-electron chi connectivity index (χ4n) is 5.45. The van der Waals surface area contributed by atoms with Crippen molar-refractivity contribution in [3.8, 4) is 0 Å². The van der Waals surface area contributed by atoms with Crippen LogP contribution in [0, 0.1) is 5.41 Å². The lowest BCUT2D eigenvalue weighted by Gasteiger charge is -2.32. The molecule has 6 rings (SSSR count). The van der Waals surface area contributed by atoms with Crippen molar-refractivity contribution in [2.45, 2.75) is 25.6 Å². The molecule has 0 aromatic heterocycles. The summed E-state index contributed by atoms with van der Waals surface area (Å²) < 4.78 is 0. The molecule has 3 N–H and O–H groups in total. The number of hydrogen-bond donors (Lipinski definition) is 2. The van der Waals surface area contributed by atoms with E-state index in [1.165, 1.54) is 4.90 Å². The Hall–Kier alpha value is -4.97. The number of nitrogen functional groups attached to an aromatic ring is 1. The number of carbonyl (C=O) groups is 2. The third kappa shape index (κ3) is 4.20. The molecular weight excluding hydrogens is 484 g/mol. The van der Waals surface area contributed by atoms with Crippen LogP contribution in [-0.2, 0) is 23.4 Å². The molecule has 1 atom stereocenters. The molecule has 1 unspecified atom stereocenters. The normalized spacial score (nSPS) is 17.4. The van der Waals surface area contributed by atoms with Crippen molar-refractivity contribution in [2.24, 2.45) is 5.73 Å². The lowest BCUT2D eigenvalue weighted by Crippen LogP contribution is -2.43. The number of hydrogen-bond acceptors (Lipinski definition) is 3. The number of nitrogens with one attached hydrogen (secondary N) is 1. The van der Waals surface area contributed by atoms with Gasteiger partial charge < -0.3 is 10.6 Å². The minimum Gasteiger partial charge on any atom is -0.384 e. The number of nitrogens with zero attached hydrogens (tertiary/aromatic N) is 2. The minimum atomic E-state index is -1.17. The Balaban J connectivity index is 1.41. The van der Waals surface area contributed by atoms with Gasteiger partial charge >= 0.3 is 6.03 Å². The van der Waals surface area contributed by atoms with Crippen molar-refractivity contribution >= 4 is 39.3 Å². The first-order valence-corrected chi connectivity index (χ1v) is 12.9. The molecule has 6 nitrogen and oxygen atoms in total. The molecule has 39 heavy (non-hydrogen) atoms. The Bertz CT molecular complexity index is 1760. The van der Waals surface area contributed by atoms with Gasteiger partial charge in [-0.15, -0.1) is 0 Å². The molecule has 3 amide bonds. The van der Waals surface area contributed by atoms with Crippen molar-refractivity contribution < 1.29 is 9.59 Å². The van der Waals surface area contributed by atoms with Crippen LogP contribution in [0.5, 0.6) is 0 Å². The molecule has 192 valence electrons. The van der Waals surface area contributed by atoms with E-state index < -0.39 is 5.54 Å². The van der Waals surface area contributed by atoms with Crippen molar-refractivity contribution in [3.63, 3.8) is 0 Å². The van der Waals surface area contributed by atoms with Gasteiger partial charge in [0, 0.05) is 12.1 Å². The predicted octanol–water partition coefficient (Wildman–Crippen LogP) is 6.16. The van der Waals surface area contributed by atoms with Crippen LogP contribution in [0.3, 0.4) is 0 Å². The zero-order chi connectivity index (χ0) is 27.1. The number of fused-ring (bicyclic) bond motifs is 2. The molecular formula is C33H28N4O2. The van der Waals surface area contributed by atoms with Crippen LogP contribution < -0.4 is 5.73 Å². The van der Waals surface area contributed by atoms with E-state index in [0.29, 0.717) is 12.1 Å². The van der Waals surface area contributed by atoms with Gasteiger partial charge in [0.1, 0.15) is 11.4 Å². The summed E-state index contributed by atoms with van der Waals surface area (Å²) in [7, 11) is 0. The number of carbonyl (C=O) groups excluding carboxylic acids is 2. The first-order chi connectivity index (χ1) is 18.8.